The smallest absolute Gasteiger partial charge is 0.270 e. The van der Waals surface area contributed by atoms with Crippen LogP contribution in [0.1, 0.15) is 33.6 Å². The van der Waals surface area contributed by atoms with Gasteiger partial charge in [-0.15, -0.1) is 0 Å². The Labute approximate surface area is 178 Å². The SMILES string of the molecule is O=C(NCC1CCCO1)c1ccc(NC(=S)NC(=O)c2cccc([N+](=O)[O-])c2)cc1. The predicted molar refractivity (Wildman–Crippen MR) is 115 cm³/mol. The van der Waals surface area contributed by atoms with E-state index >= 15 is 0 Å². The summed E-state index contributed by atoms with van der Waals surface area (Å²) in [5, 5.41) is 19.0. The fourth-order valence-electron chi connectivity index (χ4n) is 2.92. The molecule has 3 rings (SSSR count). The van der Waals surface area contributed by atoms with Gasteiger partial charge in [-0.3, -0.25) is 25.0 Å². The lowest BCUT2D eigenvalue weighted by Crippen LogP contribution is -2.34. The highest BCUT2D eigenvalue weighted by molar-refractivity contribution is 7.80. The standard InChI is InChI=1S/C20H20N4O5S/c25-18(21-12-17-5-2-10-29-17)13-6-8-15(9-7-13)22-20(30)23-19(26)14-3-1-4-16(11-14)24(27)28/h1,3-4,6-9,11,17H,2,5,10,12H2,(H,21,25)(H2,22,23,26,30). The van der Waals surface area contributed by atoms with Gasteiger partial charge in [0.25, 0.3) is 17.5 Å². The highest BCUT2D eigenvalue weighted by Crippen LogP contribution is 2.14. The molecule has 10 heteroatoms. The minimum absolute atomic E-state index is 0.0297. The van der Waals surface area contributed by atoms with Crippen molar-refractivity contribution in [2.75, 3.05) is 18.5 Å². The number of nitrogens with zero attached hydrogens (tertiary/aromatic N) is 1. The predicted octanol–water partition coefficient (Wildman–Crippen LogP) is 2.63. The molecule has 1 fully saturated rings. The highest BCUT2D eigenvalue weighted by atomic mass is 32.1. The monoisotopic (exact) mass is 428 g/mol. The number of carbonyl (C=O) groups is 2. The number of nitro groups is 1. The van der Waals surface area contributed by atoms with Gasteiger partial charge in [-0.05, 0) is 55.4 Å². The third kappa shape index (κ3) is 5.82. The molecule has 2 amide bonds. The molecule has 1 heterocycles. The first kappa shape index (κ1) is 21.3. The van der Waals surface area contributed by atoms with Crippen molar-refractivity contribution in [3.05, 3.63) is 69.8 Å². The molecule has 0 aliphatic carbocycles. The van der Waals surface area contributed by atoms with Gasteiger partial charge in [0.1, 0.15) is 0 Å². The first-order valence-electron chi connectivity index (χ1n) is 9.29. The van der Waals surface area contributed by atoms with Crippen LogP contribution in [-0.2, 0) is 4.74 Å². The molecule has 1 atom stereocenters. The summed E-state index contributed by atoms with van der Waals surface area (Å²) in [4.78, 5) is 34.7. The Morgan fingerprint density at radius 1 is 1.13 bits per heavy atom. The van der Waals surface area contributed by atoms with Gasteiger partial charge in [0.15, 0.2) is 5.11 Å². The minimum atomic E-state index is -0.578. The maximum absolute atomic E-state index is 12.2. The quantitative estimate of drug-likeness (QED) is 0.367. The maximum Gasteiger partial charge on any atom is 0.270 e. The lowest BCUT2D eigenvalue weighted by Gasteiger charge is -2.12. The second-order valence-electron chi connectivity index (χ2n) is 6.64. The number of rotatable bonds is 6. The van der Waals surface area contributed by atoms with E-state index < -0.39 is 10.8 Å². The molecule has 1 saturated heterocycles. The number of non-ortho nitro benzene ring substituents is 1. The van der Waals surface area contributed by atoms with Crippen molar-refractivity contribution in [2.45, 2.75) is 18.9 Å². The summed E-state index contributed by atoms with van der Waals surface area (Å²) in [6.07, 6.45) is 2.03. The van der Waals surface area contributed by atoms with Crippen molar-refractivity contribution in [1.82, 2.24) is 10.6 Å². The molecule has 156 valence electrons. The van der Waals surface area contributed by atoms with Crippen LogP contribution in [-0.4, -0.2) is 41.1 Å². The summed E-state index contributed by atoms with van der Waals surface area (Å²) >= 11 is 5.11. The summed E-state index contributed by atoms with van der Waals surface area (Å²) in [6.45, 7) is 1.21. The molecule has 1 unspecified atom stereocenters. The van der Waals surface area contributed by atoms with Crippen LogP contribution < -0.4 is 16.0 Å². The summed E-state index contributed by atoms with van der Waals surface area (Å²) in [5.41, 5.74) is 1.00. The average Bonchev–Trinajstić information content (AvgIpc) is 3.26. The van der Waals surface area contributed by atoms with E-state index in [9.17, 15) is 19.7 Å². The van der Waals surface area contributed by atoms with Crippen LogP contribution in [0.2, 0.25) is 0 Å². The van der Waals surface area contributed by atoms with Crippen LogP contribution in [0.15, 0.2) is 48.5 Å². The first-order valence-corrected chi connectivity index (χ1v) is 9.70. The third-order valence-electron chi connectivity index (χ3n) is 4.47. The van der Waals surface area contributed by atoms with Gasteiger partial charge >= 0.3 is 0 Å². The van der Waals surface area contributed by atoms with Gasteiger partial charge in [-0.2, -0.15) is 0 Å². The molecule has 0 aromatic heterocycles. The van der Waals surface area contributed by atoms with Crippen molar-refractivity contribution in [2.24, 2.45) is 0 Å². The molecule has 1 aliphatic rings. The molecule has 0 saturated carbocycles. The van der Waals surface area contributed by atoms with E-state index in [1.54, 1.807) is 24.3 Å². The summed E-state index contributed by atoms with van der Waals surface area (Å²) < 4.78 is 5.48. The van der Waals surface area contributed by atoms with Crippen molar-refractivity contribution < 1.29 is 19.2 Å². The first-order chi connectivity index (χ1) is 14.4. The molecule has 30 heavy (non-hydrogen) atoms. The van der Waals surface area contributed by atoms with E-state index in [-0.39, 0.29) is 28.4 Å². The Morgan fingerprint density at radius 3 is 2.57 bits per heavy atom. The number of thiocarbonyl (C=S) groups is 1. The zero-order valence-electron chi connectivity index (χ0n) is 15.9. The molecule has 2 aromatic rings. The van der Waals surface area contributed by atoms with Crippen molar-refractivity contribution in [3.63, 3.8) is 0 Å². The molecule has 0 radical (unpaired) electrons. The molecule has 0 spiro atoms. The Morgan fingerprint density at radius 2 is 1.90 bits per heavy atom. The van der Waals surface area contributed by atoms with Crippen LogP contribution in [0.3, 0.4) is 0 Å². The number of amides is 2. The summed E-state index contributed by atoms with van der Waals surface area (Å²) in [7, 11) is 0. The topological polar surface area (TPSA) is 123 Å². The molecule has 1 aliphatic heterocycles. The van der Waals surface area contributed by atoms with Crippen LogP contribution in [0.5, 0.6) is 0 Å². The van der Waals surface area contributed by atoms with Gasteiger partial charge in [-0.1, -0.05) is 6.07 Å². The van der Waals surface area contributed by atoms with Gasteiger partial charge in [-0.25, -0.2) is 0 Å². The highest BCUT2D eigenvalue weighted by Gasteiger charge is 2.17. The number of hydrogen-bond donors (Lipinski definition) is 3. The number of nitrogens with one attached hydrogen (secondary N) is 3. The second kappa shape index (κ2) is 9.90. The van der Waals surface area contributed by atoms with Crippen molar-refractivity contribution in [3.8, 4) is 0 Å². The van der Waals surface area contributed by atoms with Crippen molar-refractivity contribution >= 4 is 40.5 Å². The number of anilines is 1. The largest absolute Gasteiger partial charge is 0.376 e. The zero-order chi connectivity index (χ0) is 21.5. The van der Waals surface area contributed by atoms with Gasteiger partial charge in [0.2, 0.25) is 0 Å². The van der Waals surface area contributed by atoms with Gasteiger partial charge in [0, 0.05) is 42.1 Å². The van der Waals surface area contributed by atoms with Crippen LogP contribution in [0.25, 0.3) is 0 Å². The number of ether oxygens (including phenoxy) is 1. The zero-order valence-corrected chi connectivity index (χ0v) is 16.7. The maximum atomic E-state index is 12.2. The third-order valence-corrected chi connectivity index (χ3v) is 4.67. The van der Waals surface area contributed by atoms with E-state index in [1.165, 1.54) is 24.3 Å². The van der Waals surface area contributed by atoms with Crippen LogP contribution in [0.4, 0.5) is 11.4 Å². The number of hydrogen-bond acceptors (Lipinski definition) is 6. The number of carbonyl (C=O) groups excluding carboxylic acids is 2. The Kier molecular flexibility index (Phi) is 7.04. The molecular formula is C20H20N4O5S. The van der Waals surface area contributed by atoms with Crippen LogP contribution >= 0.6 is 12.2 Å². The molecule has 3 N–H and O–H groups in total. The molecule has 0 bridgehead atoms. The fourth-order valence-corrected chi connectivity index (χ4v) is 3.13. The van der Waals surface area contributed by atoms with Gasteiger partial charge in [0.05, 0.1) is 11.0 Å². The number of benzene rings is 2. The Balaban J connectivity index is 1.51. The number of nitro benzene ring substituents is 1. The van der Waals surface area contributed by atoms with E-state index in [0.29, 0.717) is 17.8 Å². The normalized spacial score (nSPS) is 15.3. The van der Waals surface area contributed by atoms with Crippen LogP contribution in [0, 0.1) is 10.1 Å². The molecule has 2 aromatic carbocycles. The Hall–Kier alpha value is -3.37. The fraction of sp³-hybridized carbons (Fsp3) is 0.250. The minimum Gasteiger partial charge on any atom is -0.376 e. The lowest BCUT2D eigenvalue weighted by atomic mass is 10.2. The van der Waals surface area contributed by atoms with E-state index in [4.69, 9.17) is 17.0 Å². The summed E-state index contributed by atoms with van der Waals surface area (Å²) in [5.74, 6) is -0.764. The van der Waals surface area contributed by atoms with E-state index in [2.05, 4.69) is 16.0 Å². The van der Waals surface area contributed by atoms with Crippen molar-refractivity contribution in [1.29, 1.82) is 0 Å². The van der Waals surface area contributed by atoms with Gasteiger partial charge < -0.3 is 15.4 Å². The summed E-state index contributed by atoms with van der Waals surface area (Å²) in [6, 6.07) is 11.9. The molecule has 9 nitrogen and oxygen atoms in total. The van der Waals surface area contributed by atoms with E-state index in [1.807, 2.05) is 0 Å². The second-order valence-corrected chi connectivity index (χ2v) is 7.05. The lowest BCUT2D eigenvalue weighted by molar-refractivity contribution is -0.384. The average molecular weight is 428 g/mol. The Bertz CT molecular complexity index is 958. The molecular weight excluding hydrogens is 408 g/mol. The van der Waals surface area contributed by atoms with E-state index in [0.717, 1.165) is 19.4 Å².